The van der Waals surface area contributed by atoms with Crippen molar-refractivity contribution in [1.82, 2.24) is 15.2 Å². The predicted molar refractivity (Wildman–Crippen MR) is 115 cm³/mol. The number of ether oxygens (including phenoxy) is 1. The van der Waals surface area contributed by atoms with Gasteiger partial charge in [-0.05, 0) is 19.1 Å². The van der Waals surface area contributed by atoms with Crippen LogP contribution in [0.4, 0.5) is 5.69 Å². The largest absolute Gasteiger partial charge is 0.437 e. The molecule has 2 aliphatic heterocycles. The number of amides is 1. The van der Waals surface area contributed by atoms with Crippen LogP contribution < -0.4 is 15.0 Å². The summed E-state index contributed by atoms with van der Waals surface area (Å²) in [4.78, 5) is 21.7. The molecule has 0 radical (unpaired) electrons. The number of aromatic nitrogens is 1. The summed E-state index contributed by atoms with van der Waals surface area (Å²) in [6.45, 7) is 10.2. The minimum absolute atomic E-state index is 0.112. The molecule has 1 atom stereocenters. The molecular formula is C22H27ClN4O2. The molecule has 2 aromatic rings. The van der Waals surface area contributed by atoms with Gasteiger partial charge in [-0.3, -0.25) is 9.69 Å². The summed E-state index contributed by atoms with van der Waals surface area (Å²) >= 11 is 6.21. The van der Waals surface area contributed by atoms with Crippen LogP contribution in [0.15, 0.2) is 36.5 Å². The van der Waals surface area contributed by atoms with Crippen molar-refractivity contribution >= 4 is 23.2 Å². The Hall–Kier alpha value is -2.15. The molecule has 29 heavy (non-hydrogen) atoms. The molecule has 0 bridgehead atoms. The highest BCUT2D eigenvalue weighted by atomic mass is 35.5. The smallest absolute Gasteiger partial charge is 0.241 e. The number of fused-ring (bicyclic) bond motifs is 1. The minimum Gasteiger partial charge on any atom is -0.437 e. The molecule has 1 aromatic carbocycles. The molecule has 0 aliphatic carbocycles. The van der Waals surface area contributed by atoms with Crippen molar-refractivity contribution in [2.45, 2.75) is 32.2 Å². The van der Waals surface area contributed by atoms with Crippen molar-refractivity contribution < 1.29 is 9.53 Å². The van der Waals surface area contributed by atoms with Crippen molar-refractivity contribution in [1.29, 1.82) is 0 Å². The molecule has 6 nitrogen and oxygen atoms in total. The number of halogens is 1. The van der Waals surface area contributed by atoms with Crippen molar-refractivity contribution in [2.24, 2.45) is 0 Å². The molecule has 1 unspecified atom stereocenters. The standard InChI is InChI=1S/C22H27ClN4O2/c1-15-12-26(9-8-24-15)13-21(28)27-14-22(2,3)16-11-25-20(10-18(16)27)29-19-7-5-4-6-17(19)23/h4-7,10-11,15,24H,8-9,12-14H2,1-3H3. The van der Waals surface area contributed by atoms with E-state index in [1.807, 2.05) is 29.3 Å². The maximum Gasteiger partial charge on any atom is 0.241 e. The Labute approximate surface area is 176 Å². The molecule has 1 aromatic heterocycles. The van der Waals surface area contributed by atoms with Crippen LogP contribution in [0.5, 0.6) is 11.6 Å². The van der Waals surface area contributed by atoms with E-state index in [4.69, 9.17) is 16.3 Å². The van der Waals surface area contributed by atoms with Gasteiger partial charge in [-0.25, -0.2) is 4.98 Å². The lowest BCUT2D eigenvalue weighted by Gasteiger charge is -2.32. The van der Waals surface area contributed by atoms with Crippen LogP contribution in [0.1, 0.15) is 26.3 Å². The first-order valence-corrected chi connectivity index (χ1v) is 10.4. The summed E-state index contributed by atoms with van der Waals surface area (Å²) in [5, 5.41) is 3.94. The van der Waals surface area contributed by atoms with Gasteiger partial charge in [-0.2, -0.15) is 0 Å². The molecule has 7 heteroatoms. The number of nitrogens with zero attached hydrogens (tertiary/aromatic N) is 3. The van der Waals surface area contributed by atoms with Crippen molar-refractivity contribution in [3.63, 3.8) is 0 Å². The monoisotopic (exact) mass is 414 g/mol. The van der Waals surface area contributed by atoms with E-state index in [-0.39, 0.29) is 11.3 Å². The van der Waals surface area contributed by atoms with Gasteiger partial charge in [0.1, 0.15) is 5.75 Å². The van der Waals surface area contributed by atoms with Crippen LogP contribution in [-0.2, 0) is 10.2 Å². The van der Waals surface area contributed by atoms with Crippen LogP contribution >= 0.6 is 11.6 Å². The molecule has 1 saturated heterocycles. The fraction of sp³-hybridized carbons (Fsp3) is 0.455. The summed E-state index contributed by atoms with van der Waals surface area (Å²) in [5.41, 5.74) is 1.78. The van der Waals surface area contributed by atoms with Crippen LogP contribution in [0.25, 0.3) is 0 Å². The van der Waals surface area contributed by atoms with Gasteiger partial charge in [-0.1, -0.05) is 37.6 Å². The van der Waals surface area contributed by atoms with Gasteiger partial charge in [0, 0.05) is 55.5 Å². The summed E-state index contributed by atoms with van der Waals surface area (Å²) in [6, 6.07) is 9.55. The number of carbonyl (C=O) groups is 1. The lowest BCUT2D eigenvalue weighted by molar-refractivity contribution is -0.120. The van der Waals surface area contributed by atoms with E-state index >= 15 is 0 Å². The number of hydrogen-bond acceptors (Lipinski definition) is 5. The second kappa shape index (κ2) is 7.94. The zero-order valence-corrected chi connectivity index (χ0v) is 17.9. The Morgan fingerprint density at radius 3 is 2.93 bits per heavy atom. The highest BCUT2D eigenvalue weighted by Gasteiger charge is 2.39. The van der Waals surface area contributed by atoms with E-state index in [1.54, 1.807) is 12.1 Å². The SMILES string of the molecule is CC1CN(CC(=O)N2CC(C)(C)c3cnc(Oc4ccccc4Cl)cc32)CCN1. The quantitative estimate of drug-likeness (QED) is 0.830. The lowest BCUT2D eigenvalue weighted by atomic mass is 9.88. The van der Waals surface area contributed by atoms with Gasteiger partial charge in [-0.15, -0.1) is 0 Å². The number of benzene rings is 1. The number of nitrogens with one attached hydrogen (secondary N) is 1. The van der Waals surface area contributed by atoms with E-state index in [0.29, 0.717) is 35.8 Å². The van der Waals surface area contributed by atoms with E-state index < -0.39 is 0 Å². The Bertz CT molecular complexity index is 917. The highest BCUT2D eigenvalue weighted by Crippen LogP contribution is 2.42. The normalized spacial score (nSPS) is 21.1. The van der Waals surface area contributed by atoms with Crippen molar-refractivity contribution in [3.05, 3.63) is 47.1 Å². The second-order valence-corrected chi connectivity index (χ2v) is 8.93. The number of para-hydroxylation sites is 1. The van der Waals surface area contributed by atoms with Crippen LogP contribution in [0.3, 0.4) is 0 Å². The van der Waals surface area contributed by atoms with Crippen molar-refractivity contribution in [3.8, 4) is 11.6 Å². The molecular weight excluding hydrogens is 388 g/mol. The van der Waals surface area contributed by atoms with Crippen LogP contribution in [0.2, 0.25) is 5.02 Å². The molecule has 4 rings (SSSR count). The zero-order valence-electron chi connectivity index (χ0n) is 17.1. The number of carbonyl (C=O) groups excluding carboxylic acids is 1. The first-order chi connectivity index (χ1) is 13.8. The molecule has 2 aliphatic rings. The molecule has 1 N–H and O–H groups in total. The van der Waals surface area contributed by atoms with Gasteiger partial charge < -0.3 is 15.0 Å². The first-order valence-electron chi connectivity index (χ1n) is 10.0. The van der Waals surface area contributed by atoms with Gasteiger partial charge in [0.2, 0.25) is 11.8 Å². The van der Waals surface area contributed by atoms with E-state index in [2.05, 4.69) is 36.0 Å². The highest BCUT2D eigenvalue weighted by molar-refractivity contribution is 6.32. The third kappa shape index (κ3) is 4.25. The fourth-order valence-corrected chi connectivity index (χ4v) is 4.26. The number of piperazine rings is 1. The maximum absolute atomic E-state index is 13.2. The molecule has 1 amide bonds. The van der Waals surface area contributed by atoms with E-state index in [1.165, 1.54) is 0 Å². The molecule has 0 spiro atoms. The number of anilines is 1. The third-order valence-electron chi connectivity index (χ3n) is 5.59. The van der Waals surface area contributed by atoms with Gasteiger partial charge in [0.15, 0.2) is 0 Å². The van der Waals surface area contributed by atoms with E-state index in [9.17, 15) is 4.79 Å². The lowest BCUT2D eigenvalue weighted by Crippen LogP contribution is -2.52. The Balaban J connectivity index is 1.57. The summed E-state index contributed by atoms with van der Waals surface area (Å²) in [7, 11) is 0. The average molecular weight is 415 g/mol. The van der Waals surface area contributed by atoms with Crippen molar-refractivity contribution in [2.75, 3.05) is 37.6 Å². The topological polar surface area (TPSA) is 57.7 Å². The number of rotatable bonds is 4. The number of pyridine rings is 1. The molecule has 154 valence electrons. The Morgan fingerprint density at radius 1 is 1.38 bits per heavy atom. The second-order valence-electron chi connectivity index (χ2n) is 8.53. The third-order valence-corrected chi connectivity index (χ3v) is 5.91. The number of hydrogen-bond donors (Lipinski definition) is 1. The molecule has 3 heterocycles. The Morgan fingerprint density at radius 2 is 2.17 bits per heavy atom. The van der Waals surface area contributed by atoms with Gasteiger partial charge in [0.25, 0.3) is 0 Å². The summed E-state index contributed by atoms with van der Waals surface area (Å²) in [5.74, 6) is 1.09. The zero-order chi connectivity index (χ0) is 20.6. The maximum atomic E-state index is 13.2. The average Bonchev–Trinajstić information content (AvgIpc) is 2.94. The van der Waals surface area contributed by atoms with Gasteiger partial charge >= 0.3 is 0 Å². The minimum atomic E-state index is -0.155. The predicted octanol–water partition coefficient (Wildman–Crippen LogP) is 3.45. The molecule has 0 saturated carbocycles. The van der Waals surface area contributed by atoms with E-state index in [0.717, 1.165) is 30.9 Å². The fourth-order valence-electron chi connectivity index (χ4n) is 4.09. The summed E-state index contributed by atoms with van der Waals surface area (Å²) < 4.78 is 5.89. The summed E-state index contributed by atoms with van der Waals surface area (Å²) in [6.07, 6.45) is 1.82. The Kier molecular flexibility index (Phi) is 5.51. The van der Waals surface area contributed by atoms with Crippen LogP contribution in [-0.4, -0.2) is 54.6 Å². The molecule has 1 fully saturated rings. The first kappa shape index (κ1) is 20.1. The van der Waals surface area contributed by atoms with Gasteiger partial charge in [0.05, 0.1) is 17.3 Å². The van der Waals surface area contributed by atoms with Crippen LogP contribution in [0, 0.1) is 0 Å².